The predicted octanol–water partition coefficient (Wildman–Crippen LogP) is 3.86. The van der Waals surface area contributed by atoms with Gasteiger partial charge in [-0.25, -0.2) is 0 Å². The van der Waals surface area contributed by atoms with Gasteiger partial charge in [0.1, 0.15) is 6.10 Å². The van der Waals surface area contributed by atoms with Crippen molar-refractivity contribution in [1.82, 2.24) is 4.90 Å². The van der Waals surface area contributed by atoms with Crippen molar-refractivity contribution in [3.8, 4) is 0 Å². The number of amides is 1. The minimum Gasteiger partial charge on any atom is -0.367 e. The highest BCUT2D eigenvalue weighted by Crippen LogP contribution is 2.28. The molecule has 1 aliphatic rings. The molecule has 1 aromatic carbocycles. The number of nitrogens with zero attached hydrogens (tertiary/aromatic N) is 1. The highest BCUT2D eigenvalue weighted by Gasteiger charge is 2.30. The van der Waals surface area contributed by atoms with E-state index >= 15 is 0 Å². The molecule has 0 radical (unpaired) electrons. The standard InChI is InChI=1S/C19H21NO3S/c1-12-4-5-15(8-17(12)14(3)21)19(22)20-9-13(2)23-18(10-20)16-6-7-24-11-16/h4-8,11,13,18H,9-10H2,1-3H3/t13-,18+/m0/s1. The van der Waals surface area contributed by atoms with Crippen molar-refractivity contribution < 1.29 is 14.3 Å². The van der Waals surface area contributed by atoms with Gasteiger partial charge in [-0.2, -0.15) is 11.3 Å². The molecule has 0 saturated carbocycles. The minimum atomic E-state index is -0.0957. The van der Waals surface area contributed by atoms with Gasteiger partial charge in [0.2, 0.25) is 0 Å². The van der Waals surface area contributed by atoms with Crippen molar-refractivity contribution in [1.29, 1.82) is 0 Å². The van der Waals surface area contributed by atoms with Gasteiger partial charge >= 0.3 is 0 Å². The van der Waals surface area contributed by atoms with E-state index in [1.54, 1.807) is 23.5 Å². The number of Topliss-reactive ketones (excluding diaryl/α,β-unsaturated/α-hetero) is 1. The Kier molecular flexibility index (Phi) is 4.83. The Morgan fingerprint density at radius 3 is 2.71 bits per heavy atom. The highest BCUT2D eigenvalue weighted by molar-refractivity contribution is 7.07. The van der Waals surface area contributed by atoms with Crippen molar-refractivity contribution in [3.05, 3.63) is 57.3 Å². The normalized spacial score (nSPS) is 20.9. The van der Waals surface area contributed by atoms with Gasteiger partial charge in [0.15, 0.2) is 5.78 Å². The molecule has 2 aromatic rings. The number of carbonyl (C=O) groups excluding carboxylic acids is 2. The average Bonchev–Trinajstić information content (AvgIpc) is 3.08. The second-order valence-electron chi connectivity index (χ2n) is 6.29. The lowest BCUT2D eigenvalue weighted by atomic mass is 10.0. The summed E-state index contributed by atoms with van der Waals surface area (Å²) in [6.45, 7) is 6.48. The van der Waals surface area contributed by atoms with E-state index in [1.165, 1.54) is 6.92 Å². The molecule has 126 valence electrons. The lowest BCUT2D eigenvalue weighted by molar-refractivity contribution is -0.0690. The molecule has 0 unspecified atom stereocenters. The summed E-state index contributed by atoms with van der Waals surface area (Å²) in [5, 5.41) is 4.08. The number of hydrogen-bond donors (Lipinski definition) is 0. The number of hydrogen-bond acceptors (Lipinski definition) is 4. The summed E-state index contributed by atoms with van der Waals surface area (Å²) in [5.41, 5.74) is 3.17. The highest BCUT2D eigenvalue weighted by atomic mass is 32.1. The van der Waals surface area contributed by atoms with Crippen LogP contribution in [-0.2, 0) is 4.74 Å². The van der Waals surface area contributed by atoms with Crippen LogP contribution in [-0.4, -0.2) is 35.8 Å². The van der Waals surface area contributed by atoms with Gasteiger partial charge < -0.3 is 9.64 Å². The molecule has 3 rings (SSSR count). The maximum Gasteiger partial charge on any atom is 0.254 e. The van der Waals surface area contributed by atoms with E-state index in [-0.39, 0.29) is 23.9 Å². The fourth-order valence-electron chi connectivity index (χ4n) is 3.08. The number of aryl methyl sites for hydroxylation is 1. The second-order valence-corrected chi connectivity index (χ2v) is 7.07. The number of ketones is 1. The molecule has 1 fully saturated rings. The third-order valence-electron chi connectivity index (χ3n) is 4.33. The van der Waals surface area contributed by atoms with Crippen molar-refractivity contribution in [2.45, 2.75) is 33.0 Å². The quantitative estimate of drug-likeness (QED) is 0.795. The topological polar surface area (TPSA) is 46.6 Å². The molecule has 1 amide bonds. The lowest BCUT2D eigenvalue weighted by Gasteiger charge is -2.36. The molecule has 1 aliphatic heterocycles. The Labute approximate surface area is 146 Å². The summed E-state index contributed by atoms with van der Waals surface area (Å²) in [6, 6.07) is 7.38. The molecule has 0 bridgehead atoms. The molecular weight excluding hydrogens is 322 g/mol. The third-order valence-corrected chi connectivity index (χ3v) is 5.03. The zero-order chi connectivity index (χ0) is 17.3. The van der Waals surface area contributed by atoms with E-state index in [1.807, 2.05) is 36.3 Å². The van der Waals surface area contributed by atoms with Crippen LogP contribution in [0.2, 0.25) is 0 Å². The van der Waals surface area contributed by atoms with Gasteiger partial charge in [-0.3, -0.25) is 9.59 Å². The minimum absolute atomic E-state index is 0.0198. The molecule has 1 aromatic heterocycles. The second kappa shape index (κ2) is 6.87. The Hall–Kier alpha value is -1.98. The summed E-state index contributed by atoms with van der Waals surface area (Å²) in [7, 11) is 0. The molecule has 0 aliphatic carbocycles. The molecule has 2 atom stereocenters. The summed E-state index contributed by atoms with van der Waals surface area (Å²) in [5.74, 6) is -0.0680. The van der Waals surface area contributed by atoms with Crippen LogP contribution in [0.1, 0.15) is 51.8 Å². The predicted molar refractivity (Wildman–Crippen MR) is 94.7 cm³/mol. The number of rotatable bonds is 3. The van der Waals surface area contributed by atoms with Crippen LogP contribution in [0.4, 0.5) is 0 Å². The van der Waals surface area contributed by atoms with Crippen LogP contribution < -0.4 is 0 Å². The van der Waals surface area contributed by atoms with Crippen LogP contribution in [0, 0.1) is 6.92 Å². The summed E-state index contributed by atoms with van der Waals surface area (Å²) < 4.78 is 5.99. The van der Waals surface area contributed by atoms with Crippen molar-refractivity contribution in [3.63, 3.8) is 0 Å². The average molecular weight is 343 g/mol. The summed E-state index contributed by atoms with van der Waals surface area (Å²) >= 11 is 1.63. The fraction of sp³-hybridized carbons (Fsp3) is 0.368. The van der Waals surface area contributed by atoms with E-state index in [9.17, 15) is 9.59 Å². The fourth-order valence-corrected chi connectivity index (χ4v) is 3.78. The van der Waals surface area contributed by atoms with E-state index in [2.05, 4.69) is 5.38 Å². The SMILES string of the molecule is CC(=O)c1cc(C(=O)N2C[C@H](C)O[C@@H](c3ccsc3)C2)ccc1C. The molecule has 2 heterocycles. The number of ether oxygens (including phenoxy) is 1. The molecule has 0 N–H and O–H groups in total. The molecule has 1 saturated heterocycles. The molecule has 4 nitrogen and oxygen atoms in total. The van der Waals surface area contributed by atoms with Crippen LogP contribution in [0.5, 0.6) is 0 Å². The van der Waals surface area contributed by atoms with E-state index in [0.717, 1.165) is 11.1 Å². The Balaban J connectivity index is 1.84. The van der Waals surface area contributed by atoms with E-state index in [0.29, 0.717) is 24.2 Å². The summed E-state index contributed by atoms with van der Waals surface area (Å²) in [4.78, 5) is 26.5. The van der Waals surface area contributed by atoms with Crippen molar-refractivity contribution in [2.75, 3.05) is 13.1 Å². The molecule has 0 spiro atoms. The summed E-state index contributed by atoms with van der Waals surface area (Å²) in [6.07, 6.45) is -0.119. The molecular formula is C19H21NO3S. The molecule has 5 heteroatoms. The number of carbonyl (C=O) groups is 2. The maximum atomic E-state index is 12.9. The van der Waals surface area contributed by atoms with Gasteiger partial charge in [0, 0.05) is 17.7 Å². The number of morpholine rings is 1. The number of benzene rings is 1. The van der Waals surface area contributed by atoms with Crippen molar-refractivity contribution >= 4 is 23.0 Å². The Morgan fingerprint density at radius 2 is 2.04 bits per heavy atom. The Bertz CT molecular complexity index is 754. The van der Waals surface area contributed by atoms with Crippen LogP contribution in [0.15, 0.2) is 35.0 Å². The Morgan fingerprint density at radius 1 is 1.25 bits per heavy atom. The third kappa shape index (κ3) is 3.42. The number of thiophene rings is 1. The zero-order valence-corrected chi connectivity index (χ0v) is 14.9. The van der Waals surface area contributed by atoms with Gasteiger partial charge in [0.05, 0.1) is 12.6 Å². The van der Waals surface area contributed by atoms with Gasteiger partial charge in [-0.05, 0) is 60.9 Å². The van der Waals surface area contributed by atoms with E-state index < -0.39 is 0 Å². The van der Waals surface area contributed by atoms with Gasteiger partial charge in [-0.15, -0.1) is 0 Å². The van der Waals surface area contributed by atoms with Crippen LogP contribution >= 0.6 is 11.3 Å². The lowest BCUT2D eigenvalue weighted by Crippen LogP contribution is -2.45. The smallest absolute Gasteiger partial charge is 0.254 e. The first-order valence-electron chi connectivity index (χ1n) is 8.04. The molecule has 24 heavy (non-hydrogen) atoms. The van der Waals surface area contributed by atoms with Gasteiger partial charge in [0.25, 0.3) is 5.91 Å². The first-order chi connectivity index (χ1) is 11.5. The maximum absolute atomic E-state index is 12.9. The van der Waals surface area contributed by atoms with Crippen LogP contribution in [0.25, 0.3) is 0 Å². The monoisotopic (exact) mass is 343 g/mol. The largest absolute Gasteiger partial charge is 0.367 e. The van der Waals surface area contributed by atoms with Crippen molar-refractivity contribution in [2.24, 2.45) is 0 Å². The first kappa shape index (κ1) is 16.9. The zero-order valence-electron chi connectivity index (χ0n) is 14.1. The van der Waals surface area contributed by atoms with Crippen LogP contribution in [0.3, 0.4) is 0 Å². The van der Waals surface area contributed by atoms with E-state index in [4.69, 9.17) is 4.74 Å². The first-order valence-corrected chi connectivity index (χ1v) is 8.98. The van der Waals surface area contributed by atoms with Gasteiger partial charge in [-0.1, -0.05) is 6.07 Å².